The van der Waals surface area contributed by atoms with E-state index in [0.29, 0.717) is 11.3 Å². The van der Waals surface area contributed by atoms with Crippen LogP contribution in [-0.4, -0.2) is 7.11 Å². The number of halogens is 2. The van der Waals surface area contributed by atoms with Gasteiger partial charge in [-0.15, -0.1) is 0 Å². The minimum atomic E-state index is -0.522. The first-order valence-electron chi connectivity index (χ1n) is 5.79. The maximum atomic E-state index is 13.5. The van der Waals surface area contributed by atoms with Crippen LogP contribution in [0.1, 0.15) is 11.1 Å². The van der Waals surface area contributed by atoms with E-state index in [0.717, 1.165) is 5.56 Å². The Morgan fingerprint density at radius 3 is 2.75 bits per heavy atom. The molecule has 0 amide bonds. The summed E-state index contributed by atoms with van der Waals surface area (Å²) >= 11 is 5.86. The highest BCUT2D eigenvalue weighted by Crippen LogP contribution is 2.28. The summed E-state index contributed by atoms with van der Waals surface area (Å²) in [7, 11) is 1.49. The molecule has 20 heavy (non-hydrogen) atoms. The fraction of sp³-hybridized carbons (Fsp3) is 0.133. The number of nitriles is 1. The fourth-order valence-corrected chi connectivity index (χ4v) is 1.93. The van der Waals surface area contributed by atoms with Crippen LogP contribution in [-0.2, 0) is 6.61 Å². The van der Waals surface area contributed by atoms with Gasteiger partial charge in [-0.2, -0.15) is 5.26 Å². The van der Waals surface area contributed by atoms with Crippen molar-refractivity contribution in [1.82, 2.24) is 0 Å². The normalized spacial score (nSPS) is 9.90. The second-order valence-electron chi connectivity index (χ2n) is 3.99. The van der Waals surface area contributed by atoms with E-state index >= 15 is 0 Å². The van der Waals surface area contributed by atoms with Crippen LogP contribution in [0.3, 0.4) is 0 Å². The molecule has 2 aromatic rings. The molecule has 0 aliphatic rings. The van der Waals surface area contributed by atoms with E-state index < -0.39 is 5.82 Å². The lowest BCUT2D eigenvalue weighted by Gasteiger charge is -2.10. The highest BCUT2D eigenvalue weighted by Gasteiger charge is 2.09. The van der Waals surface area contributed by atoms with Gasteiger partial charge in [-0.3, -0.25) is 0 Å². The molecule has 0 spiro atoms. The second-order valence-corrected chi connectivity index (χ2v) is 4.39. The minimum absolute atomic E-state index is 0.00323. The zero-order valence-corrected chi connectivity index (χ0v) is 11.4. The van der Waals surface area contributed by atoms with Crippen LogP contribution in [0.2, 0.25) is 5.02 Å². The molecule has 5 heteroatoms. The van der Waals surface area contributed by atoms with E-state index in [1.54, 1.807) is 24.3 Å². The van der Waals surface area contributed by atoms with E-state index in [1.165, 1.54) is 19.2 Å². The van der Waals surface area contributed by atoms with Gasteiger partial charge in [-0.05, 0) is 29.8 Å². The SMILES string of the molecule is COc1ccc(COc2c(F)cccc2Cl)cc1C#N. The summed E-state index contributed by atoms with van der Waals surface area (Å²) in [6.45, 7) is 0.110. The van der Waals surface area contributed by atoms with Crippen molar-refractivity contribution >= 4 is 11.6 Å². The Morgan fingerprint density at radius 2 is 2.10 bits per heavy atom. The van der Waals surface area contributed by atoms with Gasteiger partial charge in [0.25, 0.3) is 0 Å². The summed E-state index contributed by atoms with van der Waals surface area (Å²) in [5, 5.41) is 9.20. The van der Waals surface area contributed by atoms with Crippen LogP contribution in [0, 0.1) is 17.1 Å². The van der Waals surface area contributed by atoms with Gasteiger partial charge in [-0.1, -0.05) is 23.7 Å². The third kappa shape index (κ3) is 3.01. The van der Waals surface area contributed by atoms with Crippen molar-refractivity contribution in [3.05, 3.63) is 58.4 Å². The first kappa shape index (κ1) is 14.2. The third-order valence-electron chi connectivity index (χ3n) is 2.69. The van der Waals surface area contributed by atoms with E-state index in [9.17, 15) is 4.39 Å². The van der Waals surface area contributed by atoms with Crippen LogP contribution in [0.15, 0.2) is 36.4 Å². The number of hydrogen-bond donors (Lipinski definition) is 0. The Balaban J connectivity index is 2.18. The molecule has 0 heterocycles. The molecule has 0 saturated heterocycles. The molecule has 0 N–H and O–H groups in total. The molecular formula is C15H11ClFNO2. The molecule has 0 fully saturated rings. The first-order chi connectivity index (χ1) is 9.65. The van der Waals surface area contributed by atoms with Crippen LogP contribution in [0.5, 0.6) is 11.5 Å². The molecule has 0 bridgehead atoms. The minimum Gasteiger partial charge on any atom is -0.495 e. The summed E-state index contributed by atoms with van der Waals surface area (Å²) in [6, 6.07) is 11.4. The topological polar surface area (TPSA) is 42.2 Å². The van der Waals surface area contributed by atoms with Gasteiger partial charge in [-0.25, -0.2) is 4.39 Å². The van der Waals surface area contributed by atoms with Gasteiger partial charge < -0.3 is 9.47 Å². The summed E-state index contributed by atoms with van der Waals surface area (Å²) < 4.78 is 24.0. The zero-order chi connectivity index (χ0) is 14.5. The van der Waals surface area contributed by atoms with Crippen LogP contribution in [0.25, 0.3) is 0 Å². The molecule has 102 valence electrons. The zero-order valence-electron chi connectivity index (χ0n) is 10.7. The summed E-state index contributed by atoms with van der Waals surface area (Å²) in [5.41, 5.74) is 1.12. The van der Waals surface area contributed by atoms with Crippen molar-refractivity contribution in [2.45, 2.75) is 6.61 Å². The molecule has 0 aliphatic heterocycles. The smallest absolute Gasteiger partial charge is 0.174 e. The van der Waals surface area contributed by atoms with Gasteiger partial charge in [0.15, 0.2) is 11.6 Å². The van der Waals surface area contributed by atoms with Crippen LogP contribution >= 0.6 is 11.6 Å². The summed E-state index contributed by atoms with van der Waals surface area (Å²) in [4.78, 5) is 0. The fourth-order valence-electron chi connectivity index (χ4n) is 1.71. The van der Waals surface area contributed by atoms with Crippen molar-refractivity contribution in [2.75, 3.05) is 7.11 Å². The van der Waals surface area contributed by atoms with Gasteiger partial charge in [0.1, 0.15) is 18.4 Å². The predicted octanol–water partition coefficient (Wildman–Crippen LogP) is 3.94. The molecule has 0 atom stereocenters. The van der Waals surface area contributed by atoms with Crippen molar-refractivity contribution in [3.63, 3.8) is 0 Å². The molecule has 0 aliphatic carbocycles. The number of para-hydroxylation sites is 1. The van der Waals surface area contributed by atoms with E-state index in [1.807, 2.05) is 6.07 Å². The van der Waals surface area contributed by atoms with Crippen molar-refractivity contribution < 1.29 is 13.9 Å². The lowest BCUT2D eigenvalue weighted by atomic mass is 10.1. The van der Waals surface area contributed by atoms with Gasteiger partial charge >= 0.3 is 0 Å². The Morgan fingerprint density at radius 1 is 1.30 bits per heavy atom. The van der Waals surface area contributed by atoms with Crippen molar-refractivity contribution in [2.24, 2.45) is 0 Å². The maximum absolute atomic E-state index is 13.5. The molecule has 0 radical (unpaired) electrons. The Hall–Kier alpha value is -2.25. The predicted molar refractivity (Wildman–Crippen MR) is 73.5 cm³/mol. The Labute approximate surface area is 121 Å². The average molecular weight is 292 g/mol. The number of methoxy groups -OCH3 is 1. The lowest BCUT2D eigenvalue weighted by molar-refractivity contribution is 0.290. The summed E-state index contributed by atoms with van der Waals surface area (Å²) in [5.74, 6) is -0.0322. The van der Waals surface area contributed by atoms with E-state index in [2.05, 4.69) is 0 Å². The molecule has 2 rings (SSSR count). The molecular weight excluding hydrogens is 281 g/mol. The maximum Gasteiger partial charge on any atom is 0.174 e. The summed E-state index contributed by atoms with van der Waals surface area (Å²) in [6.07, 6.45) is 0. The van der Waals surface area contributed by atoms with Gasteiger partial charge in [0.05, 0.1) is 17.7 Å². The number of hydrogen-bond acceptors (Lipinski definition) is 3. The largest absolute Gasteiger partial charge is 0.495 e. The monoisotopic (exact) mass is 291 g/mol. The molecule has 0 unspecified atom stereocenters. The number of rotatable bonds is 4. The number of benzene rings is 2. The first-order valence-corrected chi connectivity index (χ1v) is 6.17. The van der Waals surface area contributed by atoms with Crippen LogP contribution in [0.4, 0.5) is 4.39 Å². The van der Waals surface area contributed by atoms with Crippen molar-refractivity contribution in [1.29, 1.82) is 5.26 Å². The molecule has 0 saturated carbocycles. The Kier molecular flexibility index (Phi) is 4.44. The van der Waals surface area contributed by atoms with E-state index in [-0.39, 0.29) is 17.4 Å². The number of ether oxygens (including phenoxy) is 2. The lowest BCUT2D eigenvalue weighted by Crippen LogP contribution is -1.99. The third-order valence-corrected chi connectivity index (χ3v) is 2.98. The standard InChI is InChI=1S/C15H11ClFNO2/c1-19-14-6-5-10(7-11(14)8-18)9-20-15-12(16)3-2-4-13(15)17/h2-7H,9H2,1H3. The Bertz CT molecular complexity index is 647. The highest BCUT2D eigenvalue weighted by atomic mass is 35.5. The molecule has 0 aromatic heterocycles. The highest BCUT2D eigenvalue weighted by molar-refractivity contribution is 6.32. The molecule has 2 aromatic carbocycles. The van der Waals surface area contributed by atoms with Crippen LogP contribution < -0.4 is 9.47 Å². The van der Waals surface area contributed by atoms with Gasteiger partial charge in [0, 0.05) is 0 Å². The van der Waals surface area contributed by atoms with Crippen molar-refractivity contribution in [3.8, 4) is 17.6 Å². The number of nitrogens with zero attached hydrogens (tertiary/aromatic N) is 1. The van der Waals surface area contributed by atoms with Gasteiger partial charge in [0.2, 0.25) is 0 Å². The average Bonchev–Trinajstić information content (AvgIpc) is 2.46. The van der Waals surface area contributed by atoms with E-state index in [4.69, 9.17) is 26.3 Å². The second kappa shape index (κ2) is 6.27. The quantitative estimate of drug-likeness (QED) is 0.857. The molecule has 3 nitrogen and oxygen atoms in total.